The first-order chi connectivity index (χ1) is 15.9. The Morgan fingerprint density at radius 3 is 1.91 bits per heavy atom. The molecule has 5 rings (SSSR count). The molecule has 2 aromatic rings. The highest BCUT2D eigenvalue weighted by Crippen LogP contribution is 2.60. The lowest BCUT2D eigenvalue weighted by atomic mass is 9.81. The molecule has 33 heavy (non-hydrogen) atoms. The maximum atomic E-state index is 13.2. The maximum absolute atomic E-state index is 13.2. The normalized spacial score (nSPS) is 30.1. The molecule has 1 N–H and O–H groups in total. The minimum atomic E-state index is -0.248. The van der Waals surface area contributed by atoms with Crippen molar-refractivity contribution in [2.45, 2.75) is 42.8 Å². The number of aryl methyl sites for hydroxylation is 2. The number of hydrogen-bond donors (Lipinski definition) is 1. The van der Waals surface area contributed by atoms with Crippen LogP contribution in [-0.2, 0) is 22.4 Å². The van der Waals surface area contributed by atoms with E-state index in [-0.39, 0.29) is 51.0 Å². The van der Waals surface area contributed by atoms with Crippen LogP contribution >= 0.6 is 31.9 Å². The molecule has 2 aromatic carbocycles. The molecule has 6 atom stereocenters. The SMILES string of the molecule is CCc1cccc(CC)c1NC(=O)c1ccc(N2C(=O)[C@@H]3[C@H]4C[C@@H]([C@H](Br)[C@H]4Br)[C@@H]3C2=O)cc1. The minimum Gasteiger partial charge on any atom is -0.321 e. The molecular weight excluding hydrogens is 548 g/mol. The topological polar surface area (TPSA) is 66.5 Å². The molecule has 2 aliphatic carbocycles. The number of para-hydroxylation sites is 1. The zero-order valence-corrected chi connectivity index (χ0v) is 21.7. The van der Waals surface area contributed by atoms with Gasteiger partial charge in [0.25, 0.3) is 5.91 Å². The van der Waals surface area contributed by atoms with Crippen LogP contribution in [0, 0.1) is 23.7 Å². The van der Waals surface area contributed by atoms with Gasteiger partial charge < -0.3 is 5.32 Å². The second-order valence-electron chi connectivity index (χ2n) is 9.18. The van der Waals surface area contributed by atoms with Gasteiger partial charge in [-0.05, 0) is 66.5 Å². The summed E-state index contributed by atoms with van der Waals surface area (Å²) in [6.07, 6.45) is 2.57. The van der Waals surface area contributed by atoms with Crippen LogP contribution in [0.5, 0.6) is 0 Å². The number of carbonyl (C=O) groups is 3. The Morgan fingerprint density at radius 2 is 1.42 bits per heavy atom. The molecule has 0 radical (unpaired) electrons. The van der Waals surface area contributed by atoms with E-state index in [1.165, 1.54) is 4.90 Å². The van der Waals surface area contributed by atoms with E-state index in [2.05, 4.69) is 51.0 Å². The fraction of sp³-hybridized carbons (Fsp3) is 0.423. The Bertz CT molecular complexity index is 1080. The van der Waals surface area contributed by atoms with Gasteiger partial charge in [0, 0.05) is 20.9 Å². The summed E-state index contributed by atoms with van der Waals surface area (Å²) in [6.45, 7) is 4.14. The van der Waals surface area contributed by atoms with Crippen LogP contribution < -0.4 is 10.2 Å². The van der Waals surface area contributed by atoms with E-state index < -0.39 is 0 Å². The highest BCUT2D eigenvalue weighted by atomic mass is 79.9. The van der Waals surface area contributed by atoms with Gasteiger partial charge in [0.05, 0.1) is 17.5 Å². The Hall–Kier alpha value is -1.99. The summed E-state index contributed by atoms with van der Waals surface area (Å²) in [6, 6.07) is 12.9. The average molecular weight is 574 g/mol. The molecule has 1 heterocycles. The summed E-state index contributed by atoms with van der Waals surface area (Å²) in [4.78, 5) is 41.2. The largest absolute Gasteiger partial charge is 0.321 e. The summed E-state index contributed by atoms with van der Waals surface area (Å²) in [7, 11) is 0. The Morgan fingerprint density at radius 1 is 0.909 bits per heavy atom. The van der Waals surface area contributed by atoms with Gasteiger partial charge in [0.2, 0.25) is 11.8 Å². The van der Waals surface area contributed by atoms with Crippen LogP contribution in [0.2, 0.25) is 0 Å². The summed E-state index contributed by atoms with van der Waals surface area (Å²) >= 11 is 7.44. The van der Waals surface area contributed by atoms with Crippen LogP contribution in [0.4, 0.5) is 11.4 Å². The predicted octanol–water partition coefficient (Wildman–Crippen LogP) is 5.35. The monoisotopic (exact) mass is 572 g/mol. The Kier molecular flexibility index (Phi) is 5.98. The van der Waals surface area contributed by atoms with Crippen molar-refractivity contribution >= 4 is 61.0 Å². The predicted molar refractivity (Wildman–Crippen MR) is 136 cm³/mol. The number of hydrogen-bond acceptors (Lipinski definition) is 3. The lowest BCUT2D eigenvalue weighted by Gasteiger charge is -2.28. The number of carbonyl (C=O) groups excluding carboxylic acids is 3. The van der Waals surface area contributed by atoms with Crippen molar-refractivity contribution in [1.82, 2.24) is 0 Å². The molecule has 2 bridgehead atoms. The number of anilines is 2. The van der Waals surface area contributed by atoms with E-state index in [9.17, 15) is 14.4 Å². The molecule has 0 spiro atoms. The van der Waals surface area contributed by atoms with E-state index in [0.717, 1.165) is 36.1 Å². The first-order valence-electron chi connectivity index (χ1n) is 11.6. The van der Waals surface area contributed by atoms with E-state index in [1.54, 1.807) is 24.3 Å². The van der Waals surface area contributed by atoms with Crippen molar-refractivity contribution in [2.75, 3.05) is 10.2 Å². The van der Waals surface area contributed by atoms with E-state index >= 15 is 0 Å². The quantitative estimate of drug-likeness (QED) is 0.387. The highest BCUT2D eigenvalue weighted by Gasteiger charge is 2.66. The number of alkyl halides is 2. The Balaban J connectivity index is 1.36. The molecule has 3 aliphatic rings. The van der Waals surface area contributed by atoms with Gasteiger partial charge >= 0.3 is 0 Å². The second-order valence-corrected chi connectivity index (χ2v) is 11.3. The molecule has 2 saturated carbocycles. The van der Waals surface area contributed by atoms with Crippen LogP contribution in [0.15, 0.2) is 42.5 Å². The molecule has 5 nitrogen and oxygen atoms in total. The van der Waals surface area contributed by atoms with Crippen LogP contribution in [0.25, 0.3) is 0 Å². The smallest absolute Gasteiger partial charge is 0.255 e. The molecule has 172 valence electrons. The zero-order valence-electron chi connectivity index (χ0n) is 18.6. The number of fused-ring (bicyclic) bond motifs is 5. The van der Waals surface area contributed by atoms with E-state index in [1.807, 2.05) is 18.2 Å². The van der Waals surface area contributed by atoms with Crippen molar-refractivity contribution in [1.29, 1.82) is 0 Å². The number of nitrogens with one attached hydrogen (secondary N) is 1. The summed E-state index contributed by atoms with van der Waals surface area (Å²) in [5.74, 6) is -0.547. The van der Waals surface area contributed by atoms with Crippen molar-refractivity contribution in [3.05, 3.63) is 59.2 Å². The third-order valence-electron chi connectivity index (χ3n) is 7.61. The van der Waals surface area contributed by atoms with Gasteiger partial charge in [-0.15, -0.1) is 0 Å². The van der Waals surface area contributed by atoms with Crippen molar-refractivity contribution < 1.29 is 14.4 Å². The van der Waals surface area contributed by atoms with Gasteiger partial charge in [-0.2, -0.15) is 0 Å². The molecule has 0 unspecified atom stereocenters. The number of imide groups is 1. The van der Waals surface area contributed by atoms with Crippen LogP contribution in [-0.4, -0.2) is 27.4 Å². The first kappa shape index (κ1) is 22.8. The van der Waals surface area contributed by atoms with E-state index in [4.69, 9.17) is 0 Å². The number of halogens is 2. The average Bonchev–Trinajstić information content (AvgIpc) is 3.44. The second kappa shape index (κ2) is 8.66. The molecular formula is C26H26Br2N2O3. The molecule has 7 heteroatoms. The van der Waals surface area contributed by atoms with Crippen molar-refractivity contribution in [2.24, 2.45) is 23.7 Å². The number of nitrogens with zero attached hydrogens (tertiary/aromatic N) is 1. The summed E-state index contributed by atoms with van der Waals surface area (Å²) in [5.41, 5.74) is 4.11. The van der Waals surface area contributed by atoms with Gasteiger partial charge in [0.15, 0.2) is 0 Å². The lowest BCUT2D eigenvalue weighted by molar-refractivity contribution is -0.123. The first-order valence-corrected chi connectivity index (χ1v) is 13.4. The number of rotatable bonds is 5. The Labute approximate surface area is 210 Å². The van der Waals surface area contributed by atoms with Gasteiger partial charge in [0.1, 0.15) is 0 Å². The maximum Gasteiger partial charge on any atom is 0.255 e. The fourth-order valence-electron chi connectivity index (χ4n) is 5.95. The highest BCUT2D eigenvalue weighted by molar-refractivity contribution is 9.12. The van der Waals surface area contributed by atoms with Gasteiger partial charge in [-0.3, -0.25) is 19.3 Å². The minimum absolute atomic E-state index is 0.108. The van der Waals surface area contributed by atoms with Crippen LogP contribution in [0.1, 0.15) is 41.8 Å². The molecule has 3 fully saturated rings. The number of benzene rings is 2. The van der Waals surface area contributed by atoms with Crippen LogP contribution in [0.3, 0.4) is 0 Å². The summed E-state index contributed by atoms with van der Waals surface area (Å²) < 4.78 is 0. The lowest BCUT2D eigenvalue weighted by Crippen LogP contribution is -2.37. The third kappa shape index (κ3) is 3.50. The third-order valence-corrected chi connectivity index (χ3v) is 10.8. The molecule has 1 saturated heterocycles. The summed E-state index contributed by atoms with van der Waals surface area (Å²) in [5, 5.41) is 3.07. The van der Waals surface area contributed by atoms with Gasteiger partial charge in [-0.1, -0.05) is 63.9 Å². The van der Waals surface area contributed by atoms with Crippen molar-refractivity contribution in [3.63, 3.8) is 0 Å². The standard InChI is InChI=1S/C26H26Br2N2O3/c1-3-13-6-5-7-14(4-2)23(13)29-24(31)15-8-10-16(11-9-15)30-25(32)19-17-12-18(20(19)26(30)33)22(28)21(17)27/h5-11,17-22H,3-4,12H2,1-2H3,(H,29,31)/t17-,18-,19-,20+,21+,22+/m1/s1. The zero-order chi connectivity index (χ0) is 23.4. The van der Waals surface area contributed by atoms with E-state index in [0.29, 0.717) is 11.3 Å². The number of amides is 3. The fourth-order valence-corrected chi connectivity index (χ4v) is 7.83. The molecule has 1 aliphatic heterocycles. The molecule has 3 amide bonds. The van der Waals surface area contributed by atoms with Crippen molar-refractivity contribution in [3.8, 4) is 0 Å². The van der Waals surface area contributed by atoms with Gasteiger partial charge in [-0.25, -0.2) is 0 Å². The molecule has 0 aromatic heterocycles.